The fourth-order valence-electron chi connectivity index (χ4n) is 1.33. The van der Waals surface area contributed by atoms with Crippen LogP contribution in [0.25, 0.3) is 0 Å². The van der Waals surface area contributed by atoms with Crippen molar-refractivity contribution in [3.05, 3.63) is 47.6 Å². The van der Waals surface area contributed by atoms with Crippen molar-refractivity contribution in [1.29, 1.82) is 0 Å². The van der Waals surface area contributed by atoms with Crippen LogP contribution < -0.4 is 9.47 Å². The van der Waals surface area contributed by atoms with Crippen molar-refractivity contribution in [3.8, 4) is 11.5 Å². The van der Waals surface area contributed by atoms with E-state index in [1.54, 1.807) is 18.2 Å². The third-order valence-corrected chi connectivity index (χ3v) is 2.20. The van der Waals surface area contributed by atoms with Crippen LogP contribution in [-0.4, -0.2) is 12.6 Å². The molecule has 1 aromatic rings. The Morgan fingerprint density at radius 3 is 2.26 bits per heavy atom. The van der Waals surface area contributed by atoms with Crippen LogP contribution in [0.15, 0.2) is 47.6 Å². The summed E-state index contributed by atoms with van der Waals surface area (Å²) in [6.45, 7) is 8.16. The lowest BCUT2D eigenvalue weighted by atomic mass is 10.3. The maximum absolute atomic E-state index is 11.6. The van der Waals surface area contributed by atoms with E-state index < -0.39 is 5.97 Å². The molecule has 19 heavy (non-hydrogen) atoms. The summed E-state index contributed by atoms with van der Waals surface area (Å²) in [6.07, 6.45) is 3.42. The van der Waals surface area contributed by atoms with Gasteiger partial charge < -0.3 is 9.47 Å². The van der Waals surface area contributed by atoms with Gasteiger partial charge in [0.05, 0.1) is 0 Å². The zero-order chi connectivity index (χ0) is 14.3. The molecule has 3 nitrogen and oxygen atoms in total. The SMILES string of the molecule is CC(C)=CCOc1ccccc1OC(=O)C=C(C)C. The van der Waals surface area contributed by atoms with Crippen molar-refractivity contribution in [3.63, 3.8) is 0 Å². The van der Waals surface area contributed by atoms with Crippen molar-refractivity contribution in [1.82, 2.24) is 0 Å². The van der Waals surface area contributed by atoms with Crippen LogP contribution in [0.2, 0.25) is 0 Å². The van der Waals surface area contributed by atoms with Gasteiger partial charge in [-0.3, -0.25) is 0 Å². The monoisotopic (exact) mass is 260 g/mol. The third kappa shape index (κ3) is 5.91. The molecule has 0 saturated heterocycles. The molecule has 102 valence electrons. The van der Waals surface area contributed by atoms with Crippen LogP contribution in [0.3, 0.4) is 0 Å². The minimum Gasteiger partial charge on any atom is -0.486 e. The Morgan fingerprint density at radius 2 is 1.68 bits per heavy atom. The van der Waals surface area contributed by atoms with Gasteiger partial charge in [0.15, 0.2) is 11.5 Å². The smallest absolute Gasteiger partial charge is 0.336 e. The maximum atomic E-state index is 11.6. The van der Waals surface area contributed by atoms with Gasteiger partial charge in [-0.05, 0) is 45.9 Å². The van der Waals surface area contributed by atoms with Gasteiger partial charge in [-0.15, -0.1) is 0 Å². The zero-order valence-corrected chi connectivity index (χ0v) is 11.9. The van der Waals surface area contributed by atoms with Crippen molar-refractivity contribution >= 4 is 5.97 Å². The summed E-state index contributed by atoms with van der Waals surface area (Å²) >= 11 is 0. The fraction of sp³-hybridized carbons (Fsp3) is 0.312. The summed E-state index contributed by atoms with van der Waals surface area (Å²) in [5.74, 6) is 0.612. The average Bonchev–Trinajstić information content (AvgIpc) is 2.29. The predicted octanol–water partition coefficient (Wildman–Crippen LogP) is 3.90. The first-order chi connectivity index (χ1) is 8.99. The van der Waals surface area contributed by atoms with E-state index in [1.807, 2.05) is 39.8 Å². The molecule has 0 saturated carbocycles. The van der Waals surface area contributed by atoms with Gasteiger partial charge in [0, 0.05) is 6.08 Å². The average molecular weight is 260 g/mol. The van der Waals surface area contributed by atoms with Gasteiger partial charge in [0.25, 0.3) is 0 Å². The molecule has 0 atom stereocenters. The Bertz CT molecular complexity index is 490. The van der Waals surface area contributed by atoms with Crippen molar-refractivity contribution < 1.29 is 14.3 Å². The molecule has 0 heterocycles. The van der Waals surface area contributed by atoms with Gasteiger partial charge in [-0.25, -0.2) is 4.79 Å². The number of esters is 1. The molecule has 0 N–H and O–H groups in total. The van der Waals surface area contributed by atoms with Crippen LogP contribution >= 0.6 is 0 Å². The van der Waals surface area contributed by atoms with Crippen LogP contribution in [-0.2, 0) is 4.79 Å². The summed E-state index contributed by atoms with van der Waals surface area (Å²) in [5, 5.41) is 0. The van der Waals surface area contributed by atoms with E-state index in [9.17, 15) is 4.79 Å². The van der Waals surface area contributed by atoms with Crippen LogP contribution in [0.1, 0.15) is 27.7 Å². The van der Waals surface area contributed by atoms with E-state index in [0.29, 0.717) is 18.1 Å². The number of rotatable bonds is 5. The fourth-order valence-corrected chi connectivity index (χ4v) is 1.33. The molecule has 0 fully saturated rings. The standard InChI is InChI=1S/C16H20O3/c1-12(2)9-10-18-14-7-5-6-8-15(14)19-16(17)11-13(3)4/h5-9,11H,10H2,1-4H3. The predicted molar refractivity (Wildman–Crippen MR) is 76.4 cm³/mol. The molecule has 0 spiro atoms. The number of carbonyl (C=O) groups is 1. The number of para-hydroxylation sites is 2. The minimum absolute atomic E-state index is 0.390. The zero-order valence-electron chi connectivity index (χ0n) is 11.9. The Hall–Kier alpha value is -2.03. The Kier molecular flexibility index (Phi) is 5.86. The molecular weight excluding hydrogens is 240 g/mol. The van der Waals surface area contributed by atoms with Gasteiger partial charge in [0.2, 0.25) is 0 Å². The van der Waals surface area contributed by atoms with Crippen LogP contribution in [0.5, 0.6) is 11.5 Å². The van der Waals surface area contributed by atoms with E-state index in [4.69, 9.17) is 9.47 Å². The van der Waals surface area contributed by atoms with Crippen molar-refractivity contribution in [2.75, 3.05) is 6.61 Å². The largest absolute Gasteiger partial charge is 0.486 e. The van der Waals surface area contributed by atoms with Gasteiger partial charge in [-0.2, -0.15) is 0 Å². The van der Waals surface area contributed by atoms with Crippen molar-refractivity contribution in [2.24, 2.45) is 0 Å². The molecule has 3 heteroatoms. The third-order valence-electron chi connectivity index (χ3n) is 2.20. The molecule has 0 bridgehead atoms. The van der Waals surface area contributed by atoms with E-state index in [1.165, 1.54) is 11.6 Å². The second-order valence-electron chi connectivity index (χ2n) is 4.68. The first-order valence-electron chi connectivity index (χ1n) is 6.21. The normalized spacial score (nSPS) is 9.47. The molecule has 0 aromatic heterocycles. The molecular formula is C16H20O3. The van der Waals surface area contributed by atoms with Crippen molar-refractivity contribution in [2.45, 2.75) is 27.7 Å². The second kappa shape index (κ2) is 7.41. The summed E-state index contributed by atoms with van der Waals surface area (Å²) in [4.78, 5) is 11.6. The Morgan fingerprint density at radius 1 is 1.05 bits per heavy atom. The molecule has 0 aliphatic heterocycles. The second-order valence-corrected chi connectivity index (χ2v) is 4.68. The van der Waals surface area contributed by atoms with Crippen LogP contribution in [0.4, 0.5) is 0 Å². The Labute approximate surface area is 114 Å². The van der Waals surface area contributed by atoms with Gasteiger partial charge >= 0.3 is 5.97 Å². The van der Waals surface area contributed by atoms with E-state index in [0.717, 1.165) is 5.57 Å². The highest BCUT2D eigenvalue weighted by molar-refractivity contribution is 5.85. The lowest BCUT2D eigenvalue weighted by Crippen LogP contribution is -2.06. The van der Waals surface area contributed by atoms with E-state index >= 15 is 0 Å². The highest BCUT2D eigenvalue weighted by Gasteiger charge is 2.07. The van der Waals surface area contributed by atoms with E-state index in [-0.39, 0.29) is 0 Å². The lowest BCUT2D eigenvalue weighted by molar-refractivity contribution is -0.129. The Balaban J connectivity index is 2.75. The summed E-state index contributed by atoms with van der Waals surface area (Å²) in [7, 11) is 0. The van der Waals surface area contributed by atoms with E-state index in [2.05, 4.69) is 0 Å². The summed E-state index contributed by atoms with van der Waals surface area (Å²) in [5.41, 5.74) is 2.08. The minimum atomic E-state index is -0.390. The quantitative estimate of drug-likeness (QED) is 0.348. The molecule has 0 amide bonds. The molecule has 0 aliphatic rings. The van der Waals surface area contributed by atoms with Gasteiger partial charge in [0.1, 0.15) is 6.61 Å². The number of hydrogen-bond acceptors (Lipinski definition) is 3. The molecule has 0 aliphatic carbocycles. The number of hydrogen-bond donors (Lipinski definition) is 0. The van der Waals surface area contributed by atoms with Gasteiger partial charge in [-0.1, -0.05) is 23.3 Å². The summed E-state index contributed by atoms with van der Waals surface area (Å²) < 4.78 is 10.8. The maximum Gasteiger partial charge on any atom is 0.336 e. The van der Waals surface area contributed by atoms with Crippen LogP contribution in [0, 0.1) is 0 Å². The molecule has 0 radical (unpaired) electrons. The highest BCUT2D eigenvalue weighted by Crippen LogP contribution is 2.26. The number of carbonyl (C=O) groups excluding carboxylic acids is 1. The highest BCUT2D eigenvalue weighted by atomic mass is 16.6. The molecule has 1 aromatic carbocycles. The molecule has 0 unspecified atom stereocenters. The number of benzene rings is 1. The number of ether oxygens (including phenoxy) is 2. The first kappa shape index (κ1) is 15.0. The number of allylic oxidation sites excluding steroid dienone is 2. The first-order valence-corrected chi connectivity index (χ1v) is 6.21. The molecule has 1 rings (SSSR count). The summed E-state index contributed by atoms with van der Waals surface area (Å²) in [6, 6.07) is 7.15. The topological polar surface area (TPSA) is 35.5 Å². The lowest BCUT2D eigenvalue weighted by Gasteiger charge is -2.09.